The van der Waals surface area contributed by atoms with Crippen molar-refractivity contribution in [2.24, 2.45) is 0 Å². The standard InChI is InChI=1S/C17H19N5OS/c1-13(18-9-7-16(23)21-17-19-10-12-24-17)14-5-2-3-6-15(14)22-11-4-8-20-22/h2-6,8,10-13,18H,7,9H2,1H3,(H,19,21,23). The normalized spacial score (nSPS) is 12.0. The fourth-order valence-electron chi connectivity index (χ4n) is 2.45. The lowest BCUT2D eigenvalue weighted by Gasteiger charge is -2.18. The Labute approximate surface area is 144 Å². The van der Waals surface area contributed by atoms with E-state index in [4.69, 9.17) is 0 Å². The Hall–Kier alpha value is -2.51. The average Bonchev–Trinajstić information content (AvgIpc) is 3.28. The molecule has 124 valence electrons. The molecule has 0 aliphatic rings. The van der Waals surface area contributed by atoms with E-state index in [1.807, 2.05) is 40.5 Å². The molecule has 0 bridgehead atoms. The summed E-state index contributed by atoms with van der Waals surface area (Å²) in [5, 5.41) is 12.9. The summed E-state index contributed by atoms with van der Waals surface area (Å²) < 4.78 is 1.85. The SMILES string of the molecule is CC(NCCC(=O)Nc1nccs1)c1ccccc1-n1cccn1. The Balaban J connectivity index is 1.56. The van der Waals surface area contributed by atoms with Crippen molar-refractivity contribution in [2.45, 2.75) is 19.4 Å². The molecule has 0 saturated carbocycles. The molecular weight excluding hydrogens is 322 g/mol. The molecule has 2 aromatic heterocycles. The van der Waals surface area contributed by atoms with Crippen molar-refractivity contribution in [3.8, 4) is 5.69 Å². The van der Waals surface area contributed by atoms with E-state index in [1.54, 1.807) is 12.4 Å². The average molecular weight is 341 g/mol. The Morgan fingerprint density at radius 2 is 2.17 bits per heavy atom. The highest BCUT2D eigenvalue weighted by Crippen LogP contribution is 2.20. The molecule has 1 amide bonds. The highest BCUT2D eigenvalue weighted by atomic mass is 32.1. The molecule has 0 spiro atoms. The minimum Gasteiger partial charge on any atom is -0.310 e. The maximum atomic E-state index is 11.9. The molecule has 24 heavy (non-hydrogen) atoms. The molecule has 6 nitrogen and oxygen atoms in total. The predicted molar refractivity (Wildman–Crippen MR) is 95.3 cm³/mol. The van der Waals surface area contributed by atoms with Crippen molar-refractivity contribution < 1.29 is 4.79 Å². The molecule has 7 heteroatoms. The number of rotatable bonds is 7. The molecule has 2 heterocycles. The van der Waals surface area contributed by atoms with E-state index in [2.05, 4.69) is 33.7 Å². The lowest BCUT2D eigenvalue weighted by atomic mass is 10.1. The first-order valence-corrected chi connectivity index (χ1v) is 8.63. The van der Waals surface area contributed by atoms with E-state index < -0.39 is 0 Å². The molecule has 3 aromatic rings. The largest absolute Gasteiger partial charge is 0.310 e. The minimum atomic E-state index is -0.0370. The number of hydrogen-bond acceptors (Lipinski definition) is 5. The van der Waals surface area contributed by atoms with Gasteiger partial charge in [-0.25, -0.2) is 9.67 Å². The van der Waals surface area contributed by atoms with Gasteiger partial charge in [-0.1, -0.05) is 18.2 Å². The molecule has 3 rings (SSSR count). The first kappa shape index (κ1) is 16.4. The third kappa shape index (κ3) is 4.06. The summed E-state index contributed by atoms with van der Waals surface area (Å²) >= 11 is 1.42. The number of carbonyl (C=O) groups excluding carboxylic acids is 1. The van der Waals surface area contributed by atoms with Gasteiger partial charge in [0, 0.05) is 43.0 Å². The lowest BCUT2D eigenvalue weighted by Crippen LogP contribution is -2.25. The van der Waals surface area contributed by atoms with Crippen LogP contribution in [0.2, 0.25) is 0 Å². The number of benzene rings is 1. The zero-order chi connectivity index (χ0) is 16.8. The molecule has 1 aromatic carbocycles. The van der Waals surface area contributed by atoms with Crippen LogP contribution in [0.15, 0.2) is 54.3 Å². The topological polar surface area (TPSA) is 71.8 Å². The Morgan fingerprint density at radius 1 is 1.29 bits per heavy atom. The molecule has 1 atom stereocenters. The van der Waals surface area contributed by atoms with Gasteiger partial charge in [0.1, 0.15) is 0 Å². The zero-order valence-electron chi connectivity index (χ0n) is 13.3. The lowest BCUT2D eigenvalue weighted by molar-refractivity contribution is -0.116. The number of hydrogen-bond donors (Lipinski definition) is 2. The van der Waals surface area contributed by atoms with E-state index >= 15 is 0 Å². The van der Waals surface area contributed by atoms with Crippen molar-refractivity contribution in [3.63, 3.8) is 0 Å². The van der Waals surface area contributed by atoms with Crippen molar-refractivity contribution in [1.29, 1.82) is 0 Å². The van der Waals surface area contributed by atoms with Crippen LogP contribution in [0.5, 0.6) is 0 Å². The van der Waals surface area contributed by atoms with Crippen molar-refractivity contribution in [1.82, 2.24) is 20.1 Å². The summed E-state index contributed by atoms with van der Waals surface area (Å²) in [5.74, 6) is -0.0370. The van der Waals surface area contributed by atoms with Gasteiger partial charge in [0.05, 0.1) is 5.69 Å². The van der Waals surface area contributed by atoms with Crippen LogP contribution in [0.3, 0.4) is 0 Å². The van der Waals surface area contributed by atoms with Crippen LogP contribution in [0.25, 0.3) is 5.69 Å². The Bertz CT molecular complexity index is 770. The van der Waals surface area contributed by atoms with Crippen molar-refractivity contribution >= 4 is 22.4 Å². The van der Waals surface area contributed by atoms with Crippen molar-refractivity contribution in [3.05, 3.63) is 59.9 Å². The van der Waals surface area contributed by atoms with Gasteiger partial charge in [0.25, 0.3) is 0 Å². The minimum absolute atomic E-state index is 0.0370. The second kappa shape index (κ2) is 7.85. The number of nitrogens with one attached hydrogen (secondary N) is 2. The van der Waals surface area contributed by atoms with Crippen LogP contribution in [0.4, 0.5) is 5.13 Å². The first-order chi connectivity index (χ1) is 11.7. The number of thiazole rings is 1. The molecule has 2 N–H and O–H groups in total. The van der Waals surface area contributed by atoms with Crippen LogP contribution in [-0.2, 0) is 4.79 Å². The highest BCUT2D eigenvalue weighted by Gasteiger charge is 2.12. The summed E-state index contributed by atoms with van der Waals surface area (Å²) in [5.41, 5.74) is 2.18. The molecule has 0 aliphatic heterocycles. The zero-order valence-corrected chi connectivity index (χ0v) is 14.2. The number of para-hydroxylation sites is 1. The molecule has 0 radical (unpaired) electrons. The van der Waals surface area contributed by atoms with Crippen LogP contribution in [0, 0.1) is 0 Å². The van der Waals surface area contributed by atoms with Gasteiger partial charge in [-0.3, -0.25) is 4.79 Å². The number of aromatic nitrogens is 3. The van der Waals surface area contributed by atoms with Gasteiger partial charge < -0.3 is 10.6 Å². The summed E-state index contributed by atoms with van der Waals surface area (Å²) in [6.07, 6.45) is 5.76. The van der Waals surface area contributed by atoms with Crippen LogP contribution >= 0.6 is 11.3 Å². The molecule has 0 saturated heterocycles. The third-order valence-electron chi connectivity index (χ3n) is 3.64. The maximum Gasteiger partial charge on any atom is 0.227 e. The van der Waals surface area contributed by atoms with Crippen LogP contribution < -0.4 is 10.6 Å². The highest BCUT2D eigenvalue weighted by molar-refractivity contribution is 7.13. The van der Waals surface area contributed by atoms with Gasteiger partial charge in [0.15, 0.2) is 5.13 Å². The summed E-state index contributed by atoms with van der Waals surface area (Å²) in [6.45, 7) is 2.67. The van der Waals surface area contributed by atoms with Gasteiger partial charge in [-0.2, -0.15) is 5.10 Å². The number of nitrogens with zero attached hydrogens (tertiary/aromatic N) is 3. The summed E-state index contributed by atoms with van der Waals surface area (Å²) in [7, 11) is 0. The predicted octanol–water partition coefficient (Wildman–Crippen LogP) is 3.01. The molecule has 1 unspecified atom stereocenters. The maximum absolute atomic E-state index is 11.9. The van der Waals surface area contributed by atoms with Crippen LogP contribution in [0.1, 0.15) is 24.9 Å². The Kier molecular flexibility index (Phi) is 5.35. The fourth-order valence-corrected chi connectivity index (χ4v) is 3.00. The van der Waals surface area contributed by atoms with E-state index in [-0.39, 0.29) is 11.9 Å². The molecular formula is C17H19N5OS. The summed E-state index contributed by atoms with van der Waals surface area (Å²) in [6, 6.07) is 10.1. The first-order valence-electron chi connectivity index (χ1n) is 7.75. The van der Waals surface area contributed by atoms with Crippen LogP contribution in [-0.4, -0.2) is 27.2 Å². The third-order valence-corrected chi connectivity index (χ3v) is 4.32. The summed E-state index contributed by atoms with van der Waals surface area (Å²) in [4.78, 5) is 15.9. The fraction of sp³-hybridized carbons (Fsp3) is 0.235. The second-order valence-electron chi connectivity index (χ2n) is 5.32. The van der Waals surface area contributed by atoms with Gasteiger partial charge in [-0.05, 0) is 24.6 Å². The van der Waals surface area contributed by atoms with Gasteiger partial charge in [0.2, 0.25) is 5.91 Å². The smallest absolute Gasteiger partial charge is 0.227 e. The molecule has 0 aliphatic carbocycles. The van der Waals surface area contributed by atoms with Gasteiger partial charge in [-0.15, -0.1) is 11.3 Å². The van der Waals surface area contributed by atoms with Gasteiger partial charge >= 0.3 is 0 Å². The van der Waals surface area contributed by atoms with E-state index in [0.29, 0.717) is 18.1 Å². The van der Waals surface area contributed by atoms with E-state index in [1.165, 1.54) is 11.3 Å². The Morgan fingerprint density at radius 3 is 2.92 bits per heavy atom. The second-order valence-corrected chi connectivity index (χ2v) is 6.22. The van der Waals surface area contributed by atoms with Crippen molar-refractivity contribution in [2.75, 3.05) is 11.9 Å². The van der Waals surface area contributed by atoms with E-state index in [0.717, 1.165) is 11.3 Å². The quantitative estimate of drug-likeness (QED) is 0.693. The monoisotopic (exact) mass is 341 g/mol. The number of amides is 1. The molecule has 0 fully saturated rings. The van der Waals surface area contributed by atoms with E-state index in [9.17, 15) is 4.79 Å². The number of carbonyl (C=O) groups is 1. The number of anilines is 1.